The Bertz CT molecular complexity index is 482. The van der Waals surface area contributed by atoms with Gasteiger partial charge in [-0.25, -0.2) is 0 Å². The second-order valence-electron chi connectivity index (χ2n) is 4.64. The van der Waals surface area contributed by atoms with Crippen LogP contribution in [0.3, 0.4) is 0 Å². The van der Waals surface area contributed by atoms with Crippen LogP contribution in [0.5, 0.6) is 0 Å². The highest BCUT2D eigenvalue weighted by Crippen LogP contribution is 2.18. The molecule has 2 N–H and O–H groups in total. The van der Waals surface area contributed by atoms with Gasteiger partial charge in [0, 0.05) is 24.7 Å². The van der Waals surface area contributed by atoms with Crippen molar-refractivity contribution in [2.45, 2.75) is 25.9 Å². The number of anilines is 1. The Balaban J connectivity index is 1.72. The monoisotopic (exact) mass is 256 g/mol. The molecular weight excluding hydrogens is 236 g/mol. The van der Waals surface area contributed by atoms with Gasteiger partial charge in [-0.1, -0.05) is 12.1 Å². The van der Waals surface area contributed by atoms with Crippen molar-refractivity contribution in [3.8, 4) is 0 Å². The minimum atomic E-state index is 0.109. The number of pyridine rings is 1. The van der Waals surface area contributed by atoms with Crippen molar-refractivity contribution in [2.24, 2.45) is 0 Å². The minimum Gasteiger partial charge on any atom is -0.399 e. The number of hydrogen-bond acceptors (Lipinski definition) is 3. The number of rotatable bonds is 6. The largest absolute Gasteiger partial charge is 0.399 e. The van der Waals surface area contributed by atoms with Gasteiger partial charge in [0.15, 0.2) is 0 Å². The van der Waals surface area contributed by atoms with Gasteiger partial charge in [-0.2, -0.15) is 0 Å². The molecule has 0 radical (unpaired) electrons. The average Bonchev–Trinajstić information content (AvgIpc) is 2.45. The summed E-state index contributed by atoms with van der Waals surface area (Å²) in [5.41, 5.74) is 8.92. The Hall–Kier alpha value is -1.87. The second kappa shape index (κ2) is 6.90. The summed E-state index contributed by atoms with van der Waals surface area (Å²) in [7, 11) is 0. The van der Waals surface area contributed by atoms with Crippen LogP contribution in [0.25, 0.3) is 0 Å². The average molecular weight is 256 g/mol. The van der Waals surface area contributed by atoms with Crippen molar-refractivity contribution >= 4 is 5.69 Å². The van der Waals surface area contributed by atoms with Crippen LogP contribution in [-0.4, -0.2) is 11.6 Å². The maximum absolute atomic E-state index is 5.83. The number of aryl methyl sites for hydroxylation is 1. The fourth-order valence-electron chi connectivity index (χ4n) is 1.95. The molecule has 3 heteroatoms. The molecule has 1 unspecified atom stereocenters. The first-order valence-corrected chi connectivity index (χ1v) is 6.61. The predicted molar refractivity (Wildman–Crippen MR) is 77.8 cm³/mol. The van der Waals surface area contributed by atoms with Crippen molar-refractivity contribution in [1.29, 1.82) is 0 Å². The molecule has 0 amide bonds. The van der Waals surface area contributed by atoms with Crippen molar-refractivity contribution in [3.63, 3.8) is 0 Å². The standard InChI is InChI=1S/C16H20N2O/c1-13(15-4-6-16(17)7-5-15)19-12-2-3-14-8-10-18-11-9-14/h4-11,13H,2-3,12,17H2,1H3. The van der Waals surface area contributed by atoms with Gasteiger partial charge >= 0.3 is 0 Å². The van der Waals surface area contributed by atoms with E-state index in [-0.39, 0.29) is 6.10 Å². The summed E-state index contributed by atoms with van der Waals surface area (Å²) in [5.74, 6) is 0. The third-order valence-corrected chi connectivity index (χ3v) is 3.13. The lowest BCUT2D eigenvalue weighted by Gasteiger charge is -2.13. The highest BCUT2D eigenvalue weighted by atomic mass is 16.5. The number of aromatic nitrogens is 1. The van der Waals surface area contributed by atoms with Crippen LogP contribution in [0.4, 0.5) is 5.69 Å². The van der Waals surface area contributed by atoms with Crippen LogP contribution in [0.15, 0.2) is 48.8 Å². The summed E-state index contributed by atoms with van der Waals surface area (Å²) < 4.78 is 5.83. The zero-order valence-electron chi connectivity index (χ0n) is 11.3. The smallest absolute Gasteiger partial charge is 0.0796 e. The molecule has 0 aliphatic rings. The maximum Gasteiger partial charge on any atom is 0.0796 e. The first kappa shape index (κ1) is 13.6. The number of nitrogens with zero attached hydrogens (tertiary/aromatic N) is 1. The number of hydrogen-bond donors (Lipinski definition) is 1. The zero-order valence-corrected chi connectivity index (χ0v) is 11.3. The topological polar surface area (TPSA) is 48.1 Å². The predicted octanol–water partition coefficient (Wildman–Crippen LogP) is 3.37. The number of nitrogens with two attached hydrogens (primary N) is 1. The van der Waals surface area contributed by atoms with Crippen LogP contribution in [0.1, 0.15) is 30.6 Å². The van der Waals surface area contributed by atoms with Gasteiger partial charge in [0.05, 0.1) is 6.10 Å². The van der Waals surface area contributed by atoms with Gasteiger partial charge in [0.2, 0.25) is 0 Å². The molecule has 0 spiro atoms. The fraction of sp³-hybridized carbons (Fsp3) is 0.312. The molecule has 19 heavy (non-hydrogen) atoms. The van der Waals surface area contributed by atoms with E-state index in [1.165, 1.54) is 5.56 Å². The first-order valence-electron chi connectivity index (χ1n) is 6.61. The summed E-state index contributed by atoms with van der Waals surface area (Å²) in [5, 5.41) is 0. The van der Waals surface area contributed by atoms with Crippen molar-refractivity contribution in [3.05, 3.63) is 59.9 Å². The Morgan fingerprint density at radius 1 is 1.11 bits per heavy atom. The molecule has 1 aromatic heterocycles. The summed E-state index contributed by atoms with van der Waals surface area (Å²) in [6, 6.07) is 11.9. The van der Waals surface area contributed by atoms with Crippen molar-refractivity contribution in [2.75, 3.05) is 12.3 Å². The normalized spacial score (nSPS) is 12.3. The molecule has 1 heterocycles. The molecule has 1 atom stereocenters. The molecule has 0 aliphatic heterocycles. The molecule has 2 aromatic rings. The second-order valence-corrected chi connectivity index (χ2v) is 4.64. The van der Waals surface area contributed by atoms with E-state index in [1.807, 2.05) is 48.8 Å². The van der Waals surface area contributed by atoms with E-state index in [0.717, 1.165) is 30.7 Å². The van der Waals surface area contributed by atoms with E-state index in [0.29, 0.717) is 0 Å². The van der Waals surface area contributed by atoms with Crippen LogP contribution in [0, 0.1) is 0 Å². The molecule has 0 saturated heterocycles. The maximum atomic E-state index is 5.83. The SMILES string of the molecule is CC(OCCCc1ccncc1)c1ccc(N)cc1. The van der Waals surface area contributed by atoms with Gasteiger partial charge in [-0.05, 0) is 55.2 Å². The third kappa shape index (κ3) is 4.38. The number of ether oxygens (including phenoxy) is 1. The van der Waals surface area contributed by atoms with Crippen molar-refractivity contribution in [1.82, 2.24) is 4.98 Å². The zero-order chi connectivity index (χ0) is 13.5. The van der Waals surface area contributed by atoms with E-state index in [2.05, 4.69) is 11.9 Å². The van der Waals surface area contributed by atoms with E-state index in [4.69, 9.17) is 10.5 Å². The molecule has 1 aromatic carbocycles. The quantitative estimate of drug-likeness (QED) is 0.636. The van der Waals surface area contributed by atoms with Gasteiger partial charge < -0.3 is 10.5 Å². The summed E-state index contributed by atoms with van der Waals surface area (Å²) >= 11 is 0. The van der Waals surface area contributed by atoms with E-state index in [1.54, 1.807) is 0 Å². The van der Waals surface area contributed by atoms with Crippen LogP contribution in [0.2, 0.25) is 0 Å². The molecular formula is C16H20N2O. The molecule has 3 nitrogen and oxygen atoms in total. The lowest BCUT2D eigenvalue weighted by atomic mass is 10.1. The molecule has 0 bridgehead atoms. The summed E-state index contributed by atoms with van der Waals surface area (Å²) in [6.45, 7) is 2.83. The lowest BCUT2D eigenvalue weighted by Crippen LogP contribution is -2.03. The Kier molecular flexibility index (Phi) is 4.93. The molecule has 0 saturated carbocycles. The van der Waals surface area contributed by atoms with E-state index in [9.17, 15) is 0 Å². The van der Waals surface area contributed by atoms with Gasteiger partial charge in [0.25, 0.3) is 0 Å². The molecule has 100 valence electrons. The van der Waals surface area contributed by atoms with Crippen molar-refractivity contribution < 1.29 is 4.74 Å². The number of nitrogen functional groups attached to an aromatic ring is 1. The van der Waals surface area contributed by atoms with Crippen LogP contribution >= 0.6 is 0 Å². The molecule has 0 aliphatic carbocycles. The Labute approximate surface area is 114 Å². The molecule has 0 fully saturated rings. The number of benzene rings is 1. The minimum absolute atomic E-state index is 0.109. The highest BCUT2D eigenvalue weighted by molar-refractivity contribution is 5.39. The van der Waals surface area contributed by atoms with Gasteiger partial charge in [0.1, 0.15) is 0 Å². The van der Waals surface area contributed by atoms with E-state index < -0.39 is 0 Å². The molecule has 2 rings (SSSR count). The summed E-state index contributed by atoms with van der Waals surface area (Å²) in [4.78, 5) is 4.01. The Morgan fingerprint density at radius 2 is 1.79 bits per heavy atom. The third-order valence-electron chi connectivity index (χ3n) is 3.13. The van der Waals surface area contributed by atoms with Gasteiger partial charge in [-0.3, -0.25) is 4.98 Å². The Morgan fingerprint density at radius 3 is 2.47 bits per heavy atom. The fourth-order valence-corrected chi connectivity index (χ4v) is 1.95. The van der Waals surface area contributed by atoms with Crippen LogP contribution in [-0.2, 0) is 11.2 Å². The first-order chi connectivity index (χ1) is 9.25. The van der Waals surface area contributed by atoms with Gasteiger partial charge in [-0.15, -0.1) is 0 Å². The van der Waals surface area contributed by atoms with E-state index >= 15 is 0 Å². The van der Waals surface area contributed by atoms with Crippen LogP contribution < -0.4 is 5.73 Å². The lowest BCUT2D eigenvalue weighted by molar-refractivity contribution is 0.0642. The summed E-state index contributed by atoms with van der Waals surface area (Å²) in [6.07, 6.45) is 5.80. The highest BCUT2D eigenvalue weighted by Gasteiger charge is 2.04.